The fourth-order valence-corrected chi connectivity index (χ4v) is 3.12. The van der Waals surface area contributed by atoms with Crippen LogP contribution in [0.4, 0.5) is 0 Å². The lowest BCUT2D eigenvalue weighted by atomic mass is 9.89. The Labute approximate surface area is 169 Å². The number of methoxy groups -OCH3 is 1. The molecule has 1 saturated heterocycles. The number of nitrogens with zero attached hydrogens (tertiary/aromatic N) is 1. The van der Waals surface area contributed by atoms with Gasteiger partial charge in [-0.2, -0.15) is 0 Å². The molecule has 1 aromatic rings. The van der Waals surface area contributed by atoms with Gasteiger partial charge in [0.15, 0.2) is 5.96 Å². The Balaban J connectivity index is 0.00000312. The lowest BCUT2D eigenvalue weighted by Gasteiger charge is -2.33. The van der Waals surface area contributed by atoms with Crippen molar-refractivity contribution in [3.05, 3.63) is 35.4 Å². The summed E-state index contributed by atoms with van der Waals surface area (Å²) >= 11 is 0. The summed E-state index contributed by atoms with van der Waals surface area (Å²) < 4.78 is 11.2. The molecule has 0 aromatic heterocycles. The summed E-state index contributed by atoms with van der Waals surface area (Å²) in [5.41, 5.74) is 2.55. The normalized spacial score (nSPS) is 22.0. The van der Waals surface area contributed by atoms with Gasteiger partial charge in [-0.05, 0) is 32.3 Å². The maximum absolute atomic E-state index is 6.08. The molecular formula is C19H32IN3O2. The topological polar surface area (TPSA) is 54.9 Å². The highest BCUT2D eigenvalue weighted by Gasteiger charge is 2.27. The number of benzene rings is 1. The van der Waals surface area contributed by atoms with Gasteiger partial charge in [0.05, 0.1) is 12.7 Å². The summed E-state index contributed by atoms with van der Waals surface area (Å²) in [4.78, 5) is 4.30. The first-order valence-corrected chi connectivity index (χ1v) is 8.78. The Kier molecular flexibility index (Phi) is 10.4. The lowest BCUT2D eigenvalue weighted by molar-refractivity contribution is -0.0265. The SMILES string of the molecule is CN=C(NCC1CCCOC1c1ccc(C)cc1)NC(C)COC.I. The van der Waals surface area contributed by atoms with E-state index in [9.17, 15) is 0 Å². The summed E-state index contributed by atoms with van der Waals surface area (Å²) in [6.07, 6.45) is 2.43. The molecule has 0 aliphatic carbocycles. The smallest absolute Gasteiger partial charge is 0.191 e. The van der Waals surface area contributed by atoms with E-state index in [1.165, 1.54) is 11.1 Å². The van der Waals surface area contributed by atoms with Crippen LogP contribution in [0.1, 0.15) is 37.0 Å². The van der Waals surface area contributed by atoms with Gasteiger partial charge in [0.25, 0.3) is 0 Å². The maximum atomic E-state index is 6.08. The molecule has 2 rings (SSSR count). The van der Waals surface area contributed by atoms with E-state index in [4.69, 9.17) is 9.47 Å². The van der Waals surface area contributed by atoms with Crippen LogP contribution in [0.3, 0.4) is 0 Å². The second-order valence-electron chi connectivity index (χ2n) is 6.56. The second kappa shape index (κ2) is 11.7. The average Bonchev–Trinajstić information content (AvgIpc) is 2.60. The average molecular weight is 461 g/mol. The third-order valence-electron chi connectivity index (χ3n) is 4.41. The van der Waals surface area contributed by atoms with E-state index in [1.807, 2.05) is 0 Å². The van der Waals surface area contributed by atoms with Crippen molar-refractivity contribution in [2.45, 2.75) is 38.8 Å². The molecule has 1 aliphatic rings. The molecule has 3 unspecified atom stereocenters. The molecule has 1 aromatic carbocycles. The van der Waals surface area contributed by atoms with Crippen molar-refractivity contribution in [3.8, 4) is 0 Å². The van der Waals surface area contributed by atoms with E-state index in [0.717, 1.165) is 32.0 Å². The predicted molar refractivity (Wildman–Crippen MR) is 114 cm³/mol. The minimum atomic E-state index is 0. The maximum Gasteiger partial charge on any atom is 0.191 e. The van der Waals surface area contributed by atoms with E-state index in [-0.39, 0.29) is 36.1 Å². The molecule has 0 radical (unpaired) electrons. The number of aliphatic imine (C=N–C) groups is 1. The van der Waals surface area contributed by atoms with Crippen molar-refractivity contribution in [2.75, 3.05) is 33.9 Å². The van der Waals surface area contributed by atoms with Crippen LogP contribution in [0.5, 0.6) is 0 Å². The first-order valence-electron chi connectivity index (χ1n) is 8.78. The van der Waals surface area contributed by atoms with Crippen molar-refractivity contribution in [3.63, 3.8) is 0 Å². The molecule has 142 valence electrons. The van der Waals surface area contributed by atoms with Gasteiger partial charge in [-0.3, -0.25) is 4.99 Å². The molecule has 25 heavy (non-hydrogen) atoms. The van der Waals surface area contributed by atoms with Crippen molar-refractivity contribution in [2.24, 2.45) is 10.9 Å². The summed E-state index contributed by atoms with van der Waals surface area (Å²) in [6.45, 7) is 6.53. The molecular weight excluding hydrogens is 429 g/mol. The number of nitrogens with one attached hydrogen (secondary N) is 2. The van der Waals surface area contributed by atoms with Gasteiger partial charge < -0.3 is 20.1 Å². The minimum absolute atomic E-state index is 0. The molecule has 0 bridgehead atoms. The zero-order chi connectivity index (χ0) is 17.4. The molecule has 5 nitrogen and oxygen atoms in total. The largest absolute Gasteiger partial charge is 0.383 e. The van der Waals surface area contributed by atoms with Gasteiger partial charge in [-0.25, -0.2) is 0 Å². The Morgan fingerprint density at radius 1 is 1.36 bits per heavy atom. The Bertz CT molecular complexity index is 522. The van der Waals surface area contributed by atoms with Crippen LogP contribution in [0.2, 0.25) is 0 Å². The zero-order valence-electron chi connectivity index (χ0n) is 15.7. The summed E-state index contributed by atoms with van der Waals surface area (Å²) in [7, 11) is 3.50. The van der Waals surface area contributed by atoms with Crippen LogP contribution < -0.4 is 10.6 Å². The van der Waals surface area contributed by atoms with Gasteiger partial charge in [0, 0.05) is 39.3 Å². The number of rotatable bonds is 6. The molecule has 3 atom stereocenters. The minimum Gasteiger partial charge on any atom is -0.383 e. The summed E-state index contributed by atoms with van der Waals surface area (Å²) in [6, 6.07) is 8.91. The van der Waals surface area contributed by atoms with Crippen molar-refractivity contribution < 1.29 is 9.47 Å². The Hall–Kier alpha value is -0.860. The first kappa shape index (κ1) is 22.2. The number of hydrogen-bond acceptors (Lipinski definition) is 3. The molecule has 0 amide bonds. The molecule has 6 heteroatoms. The highest BCUT2D eigenvalue weighted by atomic mass is 127. The molecule has 1 fully saturated rings. The van der Waals surface area contributed by atoms with Crippen LogP contribution in [-0.2, 0) is 9.47 Å². The van der Waals surface area contributed by atoms with Crippen LogP contribution in [0, 0.1) is 12.8 Å². The number of aryl methyl sites for hydroxylation is 1. The summed E-state index contributed by atoms with van der Waals surface area (Å²) in [5, 5.41) is 6.79. The monoisotopic (exact) mass is 461 g/mol. The number of halogens is 1. The van der Waals surface area contributed by atoms with Gasteiger partial charge in [0.2, 0.25) is 0 Å². The van der Waals surface area contributed by atoms with E-state index in [2.05, 4.69) is 53.7 Å². The molecule has 2 N–H and O–H groups in total. The Morgan fingerprint density at radius 2 is 2.08 bits per heavy atom. The fourth-order valence-electron chi connectivity index (χ4n) is 3.12. The molecule has 0 spiro atoms. The van der Waals surface area contributed by atoms with Crippen LogP contribution in [-0.4, -0.2) is 45.9 Å². The second-order valence-corrected chi connectivity index (χ2v) is 6.56. The highest BCUT2D eigenvalue weighted by Crippen LogP contribution is 2.33. The molecule has 1 aliphatic heterocycles. The van der Waals surface area contributed by atoms with Gasteiger partial charge in [-0.15, -0.1) is 24.0 Å². The van der Waals surface area contributed by atoms with E-state index >= 15 is 0 Å². The van der Waals surface area contributed by atoms with Crippen molar-refractivity contribution in [1.29, 1.82) is 0 Å². The quantitative estimate of drug-likeness (QED) is 0.388. The van der Waals surface area contributed by atoms with Crippen LogP contribution in [0.25, 0.3) is 0 Å². The standard InChI is InChI=1S/C19H31N3O2.HI/c1-14-7-9-16(10-8-14)18-17(6-5-11-24-18)12-21-19(20-3)22-15(2)13-23-4;/h7-10,15,17-18H,5-6,11-13H2,1-4H3,(H2,20,21,22);1H. The first-order chi connectivity index (χ1) is 11.6. The van der Waals surface area contributed by atoms with E-state index in [0.29, 0.717) is 12.5 Å². The molecule has 0 saturated carbocycles. The number of hydrogen-bond donors (Lipinski definition) is 2. The van der Waals surface area contributed by atoms with E-state index < -0.39 is 0 Å². The van der Waals surface area contributed by atoms with Crippen molar-refractivity contribution in [1.82, 2.24) is 10.6 Å². The summed E-state index contributed by atoms with van der Waals surface area (Å²) in [5.74, 6) is 1.26. The van der Waals surface area contributed by atoms with Crippen LogP contribution >= 0.6 is 24.0 Å². The third kappa shape index (κ3) is 7.11. The fraction of sp³-hybridized carbons (Fsp3) is 0.632. The Morgan fingerprint density at radius 3 is 2.72 bits per heavy atom. The van der Waals surface area contributed by atoms with Crippen LogP contribution in [0.15, 0.2) is 29.3 Å². The van der Waals surface area contributed by atoms with Gasteiger partial charge in [0.1, 0.15) is 0 Å². The van der Waals surface area contributed by atoms with E-state index in [1.54, 1.807) is 14.2 Å². The molecule has 1 heterocycles. The van der Waals surface area contributed by atoms with Gasteiger partial charge >= 0.3 is 0 Å². The van der Waals surface area contributed by atoms with Gasteiger partial charge in [-0.1, -0.05) is 29.8 Å². The lowest BCUT2D eigenvalue weighted by Crippen LogP contribution is -2.46. The number of ether oxygens (including phenoxy) is 2. The predicted octanol–water partition coefficient (Wildman–Crippen LogP) is 3.28. The zero-order valence-corrected chi connectivity index (χ0v) is 18.1. The number of guanidine groups is 1. The highest BCUT2D eigenvalue weighted by molar-refractivity contribution is 14.0. The van der Waals surface area contributed by atoms with Crippen molar-refractivity contribution >= 4 is 29.9 Å². The third-order valence-corrected chi connectivity index (χ3v) is 4.41.